The molecule has 1 aromatic rings. The summed E-state index contributed by atoms with van der Waals surface area (Å²) in [6.07, 6.45) is 1.04. The minimum atomic E-state index is -0.0883. The van der Waals surface area contributed by atoms with Crippen LogP contribution in [-0.2, 0) is 0 Å². The zero-order valence-electron chi connectivity index (χ0n) is 9.47. The highest BCUT2D eigenvalue weighted by Gasteiger charge is 2.09. The van der Waals surface area contributed by atoms with E-state index in [9.17, 15) is 4.79 Å². The van der Waals surface area contributed by atoms with Gasteiger partial charge in [0.1, 0.15) is 0 Å². The van der Waals surface area contributed by atoms with Crippen LogP contribution in [0.4, 0.5) is 0 Å². The molecule has 1 N–H and O–H groups in total. The minimum absolute atomic E-state index is 0.0883. The van der Waals surface area contributed by atoms with Gasteiger partial charge in [-0.15, -0.1) is 0 Å². The van der Waals surface area contributed by atoms with Gasteiger partial charge in [-0.25, -0.2) is 0 Å². The molecule has 1 amide bonds. The fraction of sp³-hybridized carbons (Fsp3) is 0.417. The van der Waals surface area contributed by atoms with Crippen LogP contribution in [0.2, 0.25) is 5.02 Å². The van der Waals surface area contributed by atoms with Crippen LogP contribution in [-0.4, -0.2) is 17.8 Å². The summed E-state index contributed by atoms with van der Waals surface area (Å²) in [5.74, 6) is 0.371. The molecule has 0 aliphatic heterocycles. The predicted molar refractivity (Wildman–Crippen MR) is 79.1 cm³/mol. The van der Waals surface area contributed by atoms with Gasteiger partial charge >= 0.3 is 0 Å². The van der Waals surface area contributed by atoms with E-state index < -0.39 is 0 Å². The van der Waals surface area contributed by atoms with E-state index in [1.807, 2.05) is 0 Å². The van der Waals surface area contributed by atoms with Crippen LogP contribution in [0.5, 0.6) is 0 Å². The zero-order chi connectivity index (χ0) is 12.8. The van der Waals surface area contributed by atoms with Crippen LogP contribution in [0, 0.1) is 5.92 Å². The Labute approximate surface area is 123 Å². The number of amides is 1. The summed E-state index contributed by atoms with van der Waals surface area (Å²) in [7, 11) is 0. The van der Waals surface area contributed by atoms with Crippen molar-refractivity contribution in [1.82, 2.24) is 5.32 Å². The Hall–Kier alpha value is -0.0600. The lowest BCUT2D eigenvalue weighted by atomic mass is 10.1. The second-order valence-electron chi connectivity index (χ2n) is 3.95. The molecular formula is C12H14Br2ClNO. The summed E-state index contributed by atoms with van der Waals surface area (Å²) < 4.78 is 0.809. The minimum Gasteiger partial charge on any atom is -0.352 e. The third kappa shape index (κ3) is 5.40. The lowest BCUT2D eigenvalue weighted by molar-refractivity contribution is 0.0948. The molecule has 94 valence electrons. The number of nitrogens with one attached hydrogen (secondary N) is 1. The van der Waals surface area contributed by atoms with Crippen LogP contribution in [0.25, 0.3) is 0 Å². The number of carbonyl (C=O) groups excluding carboxylic acids is 1. The third-order valence-corrected chi connectivity index (χ3v) is 3.47. The molecule has 0 heterocycles. The first-order chi connectivity index (χ1) is 8.02. The summed E-state index contributed by atoms with van der Waals surface area (Å²) in [5, 5.41) is 4.40. The first-order valence-electron chi connectivity index (χ1n) is 5.33. The van der Waals surface area contributed by atoms with Crippen molar-refractivity contribution >= 4 is 49.4 Å². The molecule has 1 atom stereocenters. The van der Waals surface area contributed by atoms with Crippen molar-refractivity contribution in [2.24, 2.45) is 5.92 Å². The van der Waals surface area contributed by atoms with E-state index in [0.717, 1.165) is 16.2 Å². The van der Waals surface area contributed by atoms with Gasteiger partial charge in [0.2, 0.25) is 0 Å². The Kier molecular flexibility index (Phi) is 6.52. The van der Waals surface area contributed by atoms with Gasteiger partial charge in [0.25, 0.3) is 5.91 Å². The molecule has 0 saturated carbocycles. The van der Waals surface area contributed by atoms with E-state index in [4.69, 9.17) is 11.6 Å². The molecule has 1 aromatic carbocycles. The normalized spacial score (nSPS) is 12.2. The van der Waals surface area contributed by atoms with Gasteiger partial charge in [-0.1, -0.05) is 50.4 Å². The highest BCUT2D eigenvalue weighted by atomic mass is 79.9. The molecule has 0 aliphatic carbocycles. The molecule has 1 unspecified atom stereocenters. The zero-order valence-corrected chi connectivity index (χ0v) is 13.4. The van der Waals surface area contributed by atoms with E-state index in [-0.39, 0.29) is 5.91 Å². The van der Waals surface area contributed by atoms with Crippen LogP contribution in [0.1, 0.15) is 23.7 Å². The summed E-state index contributed by atoms with van der Waals surface area (Å²) in [4.78, 5) is 11.9. The Morgan fingerprint density at radius 3 is 2.76 bits per heavy atom. The molecule has 0 bridgehead atoms. The first-order valence-corrected chi connectivity index (χ1v) is 7.62. The second-order valence-corrected chi connectivity index (χ2v) is 6.10. The van der Waals surface area contributed by atoms with E-state index in [2.05, 4.69) is 44.1 Å². The van der Waals surface area contributed by atoms with Gasteiger partial charge in [-0.3, -0.25) is 4.79 Å². The largest absolute Gasteiger partial charge is 0.352 e. The molecule has 0 fully saturated rings. The number of benzene rings is 1. The number of hydrogen-bond donors (Lipinski definition) is 1. The molecule has 1 rings (SSSR count). The SMILES string of the molecule is CC(CCBr)CNC(=O)c1cc(Cl)cc(Br)c1. The lowest BCUT2D eigenvalue weighted by Gasteiger charge is -2.11. The fourth-order valence-corrected chi connectivity index (χ4v) is 2.98. The molecule has 0 spiro atoms. The van der Waals surface area contributed by atoms with E-state index >= 15 is 0 Å². The molecule has 0 saturated heterocycles. The van der Waals surface area contributed by atoms with Gasteiger partial charge in [0, 0.05) is 26.9 Å². The summed E-state index contributed by atoms with van der Waals surface area (Å²) in [5.41, 5.74) is 0.579. The van der Waals surface area contributed by atoms with Crippen molar-refractivity contribution < 1.29 is 4.79 Å². The maximum absolute atomic E-state index is 11.9. The molecule has 0 aliphatic rings. The van der Waals surface area contributed by atoms with Gasteiger partial charge in [-0.05, 0) is 30.5 Å². The van der Waals surface area contributed by atoms with Gasteiger partial charge in [0.15, 0.2) is 0 Å². The molecule has 0 radical (unpaired) electrons. The van der Waals surface area contributed by atoms with Crippen molar-refractivity contribution in [2.45, 2.75) is 13.3 Å². The Morgan fingerprint density at radius 2 is 2.18 bits per heavy atom. The Balaban J connectivity index is 2.58. The van der Waals surface area contributed by atoms with Crippen LogP contribution in [0.15, 0.2) is 22.7 Å². The van der Waals surface area contributed by atoms with Crippen molar-refractivity contribution in [2.75, 3.05) is 11.9 Å². The third-order valence-electron chi connectivity index (χ3n) is 2.34. The molecule has 5 heteroatoms. The number of carbonyl (C=O) groups is 1. The smallest absolute Gasteiger partial charge is 0.251 e. The van der Waals surface area contributed by atoms with Crippen molar-refractivity contribution in [3.8, 4) is 0 Å². The number of alkyl halides is 1. The van der Waals surface area contributed by atoms with E-state index in [1.54, 1.807) is 18.2 Å². The number of rotatable bonds is 5. The first kappa shape index (κ1) is 15.0. The molecule has 0 aromatic heterocycles. The van der Waals surface area contributed by atoms with Crippen LogP contribution >= 0.6 is 43.5 Å². The molecular weight excluding hydrogens is 369 g/mol. The lowest BCUT2D eigenvalue weighted by Crippen LogP contribution is -2.28. The van der Waals surface area contributed by atoms with Crippen molar-refractivity contribution in [3.05, 3.63) is 33.3 Å². The molecule has 17 heavy (non-hydrogen) atoms. The topological polar surface area (TPSA) is 29.1 Å². The van der Waals surface area contributed by atoms with Gasteiger partial charge < -0.3 is 5.32 Å². The van der Waals surface area contributed by atoms with Crippen LogP contribution < -0.4 is 5.32 Å². The van der Waals surface area contributed by atoms with Gasteiger partial charge in [-0.2, -0.15) is 0 Å². The van der Waals surface area contributed by atoms with E-state index in [1.165, 1.54) is 0 Å². The van der Waals surface area contributed by atoms with Crippen molar-refractivity contribution in [1.29, 1.82) is 0 Å². The summed E-state index contributed by atoms with van der Waals surface area (Å²) in [6.45, 7) is 2.78. The quantitative estimate of drug-likeness (QED) is 0.757. The average Bonchev–Trinajstić information content (AvgIpc) is 2.25. The number of halogens is 3. The summed E-state index contributed by atoms with van der Waals surface area (Å²) >= 11 is 12.6. The highest BCUT2D eigenvalue weighted by Crippen LogP contribution is 2.19. The van der Waals surface area contributed by atoms with Crippen LogP contribution in [0.3, 0.4) is 0 Å². The van der Waals surface area contributed by atoms with Crippen molar-refractivity contribution in [3.63, 3.8) is 0 Å². The second kappa shape index (κ2) is 7.39. The Bertz CT molecular complexity index is 378. The highest BCUT2D eigenvalue weighted by molar-refractivity contribution is 9.10. The van der Waals surface area contributed by atoms with E-state index in [0.29, 0.717) is 23.0 Å². The maximum atomic E-state index is 11.9. The number of hydrogen-bond acceptors (Lipinski definition) is 1. The standard InChI is InChI=1S/C12H14Br2ClNO/c1-8(2-3-13)7-16-12(17)9-4-10(14)6-11(15)5-9/h4-6,8H,2-3,7H2,1H3,(H,16,17). The monoisotopic (exact) mass is 381 g/mol. The Morgan fingerprint density at radius 1 is 1.47 bits per heavy atom. The van der Waals surface area contributed by atoms with Gasteiger partial charge in [0.05, 0.1) is 0 Å². The molecule has 2 nitrogen and oxygen atoms in total. The maximum Gasteiger partial charge on any atom is 0.251 e. The predicted octanol–water partition coefficient (Wildman–Crippen LogP) is 4.25. The summed E-state index contributed by atoms with van der Waals surface area (Å²) in [6, 6.07) is 5.18. The fourth-order valence-electron chi connectivity index (χ4n) is 1.34. The average molecular weight is 384 g/mol.